The molecular formula is C21H24FN5O2. The van der Waals surface area contributed by atoms with Crippen molar-refractivity contribution in [3.05, 3.63) is 48.0 Å². The highest BCUT2D eigenvalue weighted by atomic mass is 19.1. The number of halogens is 1. The minimum absolute atomic E-state index is 0.153. The summed E-state index contributed by atoms with van der Waals surface area (Å²) in [5.41, 5.74) is 1.01. The van der Waals surface area contributed by atoms with E-state index in [2.05, 4.69) is 22.2 Å². The van der Waals surface area contributed by atoms with Gasteiger partial charge in [0.2, 0.25) is 5.91 Å². The first-order valence-corrected chi connectivity index (χ1v) is 9.69. The van der Waals surface area contributed by atoms with Gasteiger partial charge in [0.25, 0.3) is 0 Å². The van der Waals surface area contributed by atoms with Crippen molar-refractivity contribution >= 4 is 23.1 Å². The van der Waals surface area contributed by atoms with Crippen molar-refractivity contribution in [2.75, 3.05) is 23.4 Å². The summed E-state index contributed by atoms with van der Waals surface area (Å²) in [5.74, 6) is 0.764. The lowest BCUT2D eigenvalue weighted by Gasteiger charge is -2.26. The van der Waals surface area contributed by atoms with Crippen LogP contribution in [-0.2, 0) is 11.3 Å². The molecule has 4 rings (SSSR count). The number of hydrogen-bond donors (Lipinski definition) is 1. The van der Waals surface area contributed by atoms with Crippen LogP contribution in [0.5, 0.6) is 5.75 Å². The van der Waals surface area contributed by atoms with Gasteiger partial charge >= 0.3 is 0 Å². The highest BCUT2D eigenvalue weighted by Crippen LogP contribution is 2.29. The smallest absolute Gasteiger partial charge is 0.233 e. The first-order chi connectivity index (χ1) is 13.9. The molecule has 1 N–H and O–H groups in total. The molecule has 0 spiro atoms. The van der Waals surface area contributed by atoms with Crippen LogP contribution in [0.15, 0.2) is 36.7 Å². The number of carbonyl (C=O) groups excluding carboxylic acids is 1. The fraction of sp³-hybridized carbons (Fsp3) is 0.381. The summed E-state index contributed by atoms with van der Waals surface area (Å²) in [4.78, 5) is 19.7. The molecule has 0 radical (unpaired) electrons. The van der Waals surface area contributed by atoms with Crippen molar-refractivity contribution in [1.29, 1.82) is 0 Å². The number of amides is 1. The van der Waals surface area contributed by atoms with E-state index in [0.29, 0.717) is 29.2 Å². The second kappa shape index (κ2) is 7.35. The number of fused-ring (bicyclic) bond motifs is 2. The Morgan fingerprint density at radius 1 is 1.31 bits per heavy atom. The largest absolute Gasteiger partial charge is 0.492 e. The van der Waals surface area contributed by atoms with Crippen LogP contribution in [0.3, 0.4) is 0 Å². The van der Waals surface area contributed by atoms with Crippen LogP contribution in [-0.4, -0.2) is 33.7 Å². The van der Waals surface area contributed by atoms with Crippen molar-refractivity contribution in [3.63, 3.8) is 0 Å². The third kappa shape index (κ3) is 3.74. The Kier molecular flexibility index (Phi) is 4.86. The van der Waals surface area contributed by atoms with Crippen LogP contribution in [0.25, 0.3) is 5.65 Å². The summed E-state index contributed by atoms with van der Waals surface area (Å²) < 4.78 is 21.6. The Labute approximate surface area is 168 Å². The highest BCUT2D eigenvalue weighted by molar-refractivity contribution is 5.97. The minimum atomic E-state index is -0.811. The number of rotatable bonds is 2. The fourth-order valence-electron chi connectivity index (χ4n) is 3.30. The third-order valence-electron chi connectivity index (χ3n) is 5.01. The van der Waals surface area contributed by atoms with Gasteiger partial charge in [-0.25, -0.2) is 13.9 Å². The maximum Gasteiger partial charge on any atom is 0.233 e. The quantitative estimate of drug-likeness (QED) is 0.715. The van der Waals surface area contributed by atoms with E-state index in [1.54, 1.807) is 30.6 Å². The molecule has 0 unspecified atom stereocenters. The Morgan fingerprint density at radius 2 is 2.14 bits per heavy atom. The van der Waals surface area contributed by atoms with Crippen LogP contribution in [0.1, 0.15) is 32.8 Å². The number of ether oxygens (including phenoxy) is 1. The third-order valence-corrected chi connectivity index (χ3v) is 5.01. The summed E-state index contributed by atoms with van der Waals surface area (Å²) >= 11 is 0. The molecule has 3 aromatic rings. The van der Waals surface area contributed by atoms with Gasteiger partial charge in [0.15, 0.2) is 5.65 Å². The molecule has 1 aliphatic rings. The SMILES string of the molecule is CCCN1Cc2cc(F)ccc2OCC(C)(C)C(=O)Nc2cnn3ccc1nc23. The average molecular weight is 397 g/mol. The Hall–Kier alpha value is -3.16. The van der Waals surface area contributed by atoms with E-state index in [1.807, 2.05) is 12.3 Å². The molecule has 1 aliphatic heterocycles. The van der Waals surface area contributed by atoms with Crippen molar-refractivity contribution in [2.24, 2.45) is 5.41 Å². The van der Waals surface area contributed by atoms with Crippen molar-refractivity contribution < 1.29 is 13.9 Å². The number of hydrogen-bond acceptors (Lipinski definition) is 5. The number of benzene rings is 1. The predicted molar refractivity (Wildman–Crippen MR) is 109 cm³/mol. The van der Waals surface area contributed by atoms with Crippen molar-refractivity contribution in [1.82, 2.24) is 14.6 Å². The zero-order valence-corrected chi connectivity index (χ0v) is 16.8. The van der Waals surface area contributed by atoms with Crippen molar-refractivity contribution in [2.45, 2.75) is 33.7 Å². The van der Waals surface area contributed by atoms with E-state index in [-0.39, 0.29) is 18.3 Å². The molecule has 2 bridgehead atoms. The number of nitrogens with one attached hydrogen (secondary N) is 1. The zero-order chi connectivity index (χ0) is 20.6. The summed E-state index contributed by atoms with van der Waals surface area (Å²) in [6.45, 7) is 7.02. The Balaban J connectivity index is 1.86. The molecule has 0 fully saturated rings. The number of nitrogens with zero attached hydrogens (tertiary/aromatic N) is 4. The second-order valence-electron chi connectivity index (χ2n) is 7.91. The maximum absolute atomic E-state index is 14.0. The van der Waals surface area contributed by atoms with Gasteiger partial charge in [-0.2, -0.15) is 5.10 Å². The van der Waals surface area contributed by atoms with Gasteiger partial charge in [-0.1, -0.05) is 6.92 Å². The van der Waals surface area contributed by atoms with Gasteiger partial charge in [0, 0.05) is 24.8 Å². The van der Waals surface area contributed by atoms with Gasteiger partial charge < -0.3 is 15.0 Å². The topological polar surface area (TPSA) is 71.8 Å². The second-order valence-corrected chi connectivity index (χ2v) is 7.91. The summed E-state index contributed by atoms with van der Waals surface area (Å²) in [6, 6.07) is 6.34. The molecule has 3 heterocycles. The molecule has 0 atom stereocenters. The first-order valence-electron chi connectivity index (χ1n) is 9.69. The van der Waals surface area contributed by atoms with E-state index in [4.69, 9.17) is 9.72 Å². The predicted octanol–water partition coefficient (Wildman–Crippen LogP) is 3.64. The molecule has 152 valence electrons. The summed E-state index contributed by atoms with van der Waals surface area (Å²) in [5, 5.41) is 7.20. The van der Waals surface area contributed by atoms with Crippen LogP contribution < -0.4 is 15.0 Å². The van der Waals surface area contributed by atoms with E-state index in [1.165, 1.54) is 12.1 Å². The molecule has 1 aromatic carbocycles. The molecule has 2 aromatic heterocycles. The first kappa shape index (κ1) is 19.2. The Bertz CT molecular complexity index is 1060. The van der Waals surface area contributed by atoms with E-state index in [9.17, 15) is 9.18 Å². The monoisotopic (exact) mass is 397 g/mol. The lowest BCUT2D eigenvalue weighted by atomic mass is 9.93. The van der Waals surface area contributed by atoms with E-state index >= 15 is 0 Å². The van der Waals surface area contributed by atoms with Gasteiger partial charge in [-0.15, -0.1) is 0 Å². The van der Waals surface area contributed by atoms with Crippen LogP contribution >= 0.6 is 0 Å². The Morgan fingerprint density at radius 3 is 2.93 bits per heavy atom. The zero-order valence-electron chi connectivity index (χ0n) is 16.8. The number of carbonyl (C=O) groups is 1. The molecule has 1 amide bonds. The van der Waals surface area contributed by atoms with Gasteiger partial charge in [0.05, 0.1) is 11.6 Å². The summed E-state index contributed by atoms with van der Waals surface area (Å²) in [6.07, 6.45) is 4.30. The van der Waals surface area contributed by atoms with Gasteiger partial charge in [-0.05, 0) is 44.5 Å². The molecule has 0 aliphatic carbocycles. The van der Waals surface area contributed by atoms with Crippen molar-refractivity contribution in [3.8, 4) is 5.75 Å². The van der Waals surface area contributed by atoms with Gasteiger partial charge in [0.1, 0.15) is 29.7 Å². The van der Waals surface area contributed by atoms with Gasteiger partial charge in [-0.3, -0.25) is 4.79 Å². The fourth-order valence-corrected chi connectivity index (χ4v) is 3.30. The molecule has 7 nitrogen and oxygen atoms in total. The standard InChI is InChI=1S/C21H24FN5O2/c1-4-8-26-12-14-10-15(22)5-6-17(14)29-13-21(2,3)20(28)24-16-11-23-27-9-7-18(26)25-19(16)27/h5-7,9-11H,4,8,12-13H2,1-3H3,(H,24,28). The normalized spacial score (nSPS) is 16.4. The number of aromatic nitrogens is 3. The van der Waals surface area contributed by atoms with Crippen LogP contribution in [0.2, 0.25) is 0 Å². The van der Waals surface area contributed by atoms with Crippen LogP contribution in [0, 0.1) is 11.2 Å². The number of anilines is 2. The summed E-state index contributed by atoms with van der Waals surface area (Å²) in [7, 11) is 0. The van der Waals surface area contributed by atoms with Crippen LogP contribution in [0.4, 0.5) is 15.9 Å². The highest BCUT2D eigenvalue weighted by Gasteiger charge is 2.30. The molecule has 8 heteroatoms. The maximum atomic E-state index is 14.0. The molecular weight excluding hydrogens is 373 g/mol. The van der Waals surface area contributed by atoms with E-state index < -0.39 is 5.41 Å². The molecule has 29 heavy (non-hydrogen) atoms. The molecule has 0 saturated carbocycles. The lowest BCUT2D eigenvalue weighted by molar-refractivity contribution is -0.125. The van der Waals surface area contributed by atoms with E-state index in [0.717, 1.165) is 18.8 Å². The molecule has 0 saturated heterocycles. The average Bonchev–Trinajstić information content (AvgIpc) is 3.08. The lowest BCUT2D eigenvalue weighted by Crippen LogP contribution is -2.36. The minimum Gasteiger partial charge on any atom is -0.492 e.